The number of urea groups is 1. The van der Waals surface area contributed by atoms with Gasteiger partial charge in [0.15, 0.2) is 18.1 Å². The molecule has 0 atom stereocenters. The van der Waals surface area contributed by atoms with Gasteiger partial charge in [0, 0.05) is 4.47 Å². The summed E-state index contributed by atoms with van der Waals surface area (Å²) in [6.07, 6.45) is 1.39. The van der Waals surface area contributed by atoms with Crippen molar-refractivity contribution in [2.24, 2.45) is 0 Å². The summed E-state index contributed by atoms with van der Waals surface area (Å²) in [5, 5.41) is 13.8. The van der Waals surface area contributed by atoms with Crippen LogP contribution in [0.15, 0.2) is 46.6 Å². The van der Waals surface area contributed by atoms with E-state index < -0.39 is 37.0 Å². The summed E-state index contributed by atoms with van der Waals surface area (Å²) in [4.78, 5) is 49.1. The van der Waals surface area contributed by atoms with E-state index in [1.807, 2.05) is 0 Å². The molecule has 1 fully saturated rings. The highest BCUT2D eigenvalue weighted by Gasteiger charge is 2.35. The SMILES string of the molecule is COc1ccccc1NC(=O)CN1C(=O)N/C(=C/c2cc(OC)c(OCC(=O)O)cc2Br)C1=O. The number of ether oxygens (including phenoxy) is 3. The third kappa shape index (κ3) is 5.64. The number of para-hydroxylation sites is 2. The van der Waals surface area contributed by atoms with E-state index in [2.05, 4.69) is 26.6 Å². The zero-order valence-corrected chi connectivity index (χ0v) is 19.7. The normalized spacial score (nSPS) is 14.1. The number of carboxylic acid groups (broad SMARTS) is 1. The van der Waals surface area contributed by atoms with Crippen molar-refractivity contribution in [3.05, 3.63) is 52.1 Å². The number of amides is 4. The van der Waals surface area contributed by atoms with Crippen LogP contribution in [0.2, 0.25) is 0 Å². The van der Waals surface area contributed by atoms with Crippen LogP contribution < -0.4 is 24.8 Å². The Labute approximate surface area is 202 Å². The van der Waals surface area contributed by atoms with Gasteiger partial charge in [-0.1, -0.05) is 28.1 Å². The van der Waals surface area contributed by atoms with Crippen LogP contribution in [0.1, 0.15) is 5.56 Å². The molecule has 1 aliphatic rings. The van der Waals surface area contributed by atoms with Crippen LogP contribution in [-0.2, 0) is 14.4 Å². The van der Waals surface area contributed by atoms with Crippen LogP contribution in [0.3, 0.4) is 0 Å². The summed E-state index contributed by atoms with van der Waals surface area (Å²) in [7, 11) is 2.83. The van der Waals surface area contributed by atoms with Crippen molar-refractivity contribution in [2.75, 3.05) is 32.7 Å². The van der Waals surface area contributed by atoms with Gasteiger partial charge in [-0.25, -0.2) is 14.5 Å². The number of halogens is 1. The molecular formula is C22H20BrN3O8. The van der Waals surface area contributed by atoms with Gasteiger partial charge in [0.1, 0.15) is 18.0 Å². The van der Waals surface area contributed by atoms with Gasteiger partial charge in [0.2, 0.25) is 5.91 Å². The molecule has 1 heterocycles. The molecule has 34 heavy (non-hydrogen) atoms. The van der Waals surface area contributed by atoms with Crippen LogP contribution in [0.5, 0.6) is 17.2 Å². The molecule has 0 aromatic heterocycles. The Hall–Kier alpha value is -4.06. The second kappa shape index (κ2) is 10.7. The van der Waals surface area contributed by atoms with Gasteiger partial charge in [0.25, 0.3) is 5.91 Å². The molecular weight excluding hydrogens is 514 g/mol. The maximum absolute atomic E-state index is 12.8. The molecule has 0 spiro atoms. The third-order valence-corrected chi connectivity index (χ3v) is 5.27. The van der Waals surface area contributed by atoms with Crippen LogP contribution in [0.4, 0.5) is 10.5 Å². The van der Waals surface area contributed by atoms with E-state index in [1.54, 1.807) is 24.3 Å². The van der Waals surface area contributed by atoms with Gasteiger partial charge in [0.05, 0.1) is 19.9 Å². The number of aliphatic carboxylic acids is 1. The zero-order chi connectivity index (χ0) is 24.8. The molecule has 3 rings (SSSR count). The maximum atomic E-state index is 12.8. The number of hydrogen-bond donors (Lipinski definition) is 3. The monoisotopic (exact) mass is 533 g/mol. The van der Waals surface area contributed by atoms with Gasteiger partial charge in [-0.3, -0.25) is 9.59 Å². The molecule has 0 saturated carbocycles. The predicted octanol–water partition coefficient (Wildman–Crippen LogP) is 2.46. The number of anilines is 1. The molecule has 12 heteroatoms. The van der Waals surface area contributed by atoms with Crippen molar-refractivity contribution in [1.29, 1.82) is 0 Å². The standard InChI is InChI=1S/C22H20BrN3O8/c1-32-16-6-4-3-5-14(16)24-19(27)10-26-21(30)15(25-22(26)31)7-12-8-17(33-2)18(9-13(12)23)34-11-20(28)29/h3-9H,10-11H2,1-2H3,(H,24,27)(H,25,31)(H,28,29)/b15-7+. The topological polar surface area (TPSA) is 144 Å². The number of hydrogen-bond acceptors (Lipinski definition) is 7. The van der Waals surface area contributed by atoms with Crippen molar-refractivity contribution in [2.45, 2.75) is 0 Å². The molecule has 0 bridgehead atoms. The number of carbonyl (C=O) groups excluding carboxylic acids is 3. The summed E-state index contributed by atoms with van der Waals surface area (Å²) in [5.41, 5.74) is 0.791. The van der Waals surface area contributed by atoms with Gasteiger partial charge in [-0.2, -0.15) is 0 Å². The van der Waals surface area contributed by atoms with Gasteiger partial charge in [-0.05, 0) is 35.9 Å². The second-order valence-electron chi connectivity index (χ2n) is 6.83. The zero-order valence-electron chi connectivity index (χ0n) is 18.1. The molecule has 0 aliphatic carbocycles. The number of methoxy groups -OCH3 is 2. The van der Waals surface area contributed by atoms with Crippen LogP contribution in [0.25, 0.3) is 6.08 Å². The Morgan fingerprint density at radius 1 is 1.12 bits per heavy atom. The fourth-order valence-electron chi connectivity index (χ4n) is 3.03. The average molecular weight is 534 g/mol. The lowest BCUT2D eigenvalue weighted by atomic mass is 10.1. The third-order valence-electron chi connectivity index (χ3n) is 4.58. The number of rotatable bonds is 9. The number of carboxylic acids is 1. The van der Waals surface area contributed by atoms with Gasteiger partial charge < -0.3 is 30.0 Å². The fourth-order valence-corrected chi connectivity index (χ4v) is 3.46. The van der Waals surface area contributed by atoms with E-state index in [1.165, 1.54) is 32.4 Å². The van der Waals surface area contributed by atoms with E-state index in [-0.39, 0.29) is 17.2 Å². The predicted molar refractivity (Wildman–Crippen MR) is 124 cm³/mol. The highest BCUT2D eigenvalue weighted by molar-refractivity contribution is 9.10. The number of carbonyl (C=O) groups is 4. The fraction of sp³-hybridized carbons (Fsp3) is 0.182. The lowest BCUT2D eigenvalue weighted by molar-refractivity contribution is -0.139. The highest BCUT2D eigenvalue weighted by Crippen LogP contribution is 2.35. The van der Waals surface area contributed by atoms with Crippen molar-refractivity contribution in [3.63, 3.8) is 0 Å². The van der Waals surface area contributed by atoms with Crippen LogP contribution >= 0.6 is 15.9 Å². The summed E-state index contributed by atoms with van der Waals surface area (Å²) < 4.78 is 16.0. The summed E-state index contributed by atoms with van der Waals surface area (Å²) in [6, 6.07) is 8.96. The Kier molecular flexibility index (Phi) is 7.74. The lowest BCUT2D eigenvalue weighted by Crippen LogP contribution is -2.38. The Morgan fingerprint density at radius 2 is 1.82 bits per heavy atom. The first-order valence-electron chi connectivity index (χ1n) is 9.73. The number of imide groups is 1. The molecule has 4 amide bonds. The van der Waals surface area contributed by atoms with E-state index in [0.29, 0.717) is 21.5 Å². The Balaban J connectivity index is 1.76. The minimum absolute atomic E-state index is 0.0583. The van der Waals surface area contributed by atoms with Crippen molar-refractivity contribution in [3.8, 4) is 17.2 Å². The molecule has 3 N–H and O–H groups in total. The molecule has 0 unspecified atom stereocenters. The van der Waals surface area contributed by atoms with Crippen LogP contribution in [0, 0.1) is 0 Å². The van der Waals surface area contributed by atoms with E-state index in [9.17, 15) is 19.2 Å². The summed E-state index contributed by atoms with van der Waals surface area (Å²) in [6.45, 7) is -1.07. The molecule has 178 valence electrons. The Bertz CT molecular complexity index is 1180. The van der Waals surface area contributed by atoms with E-state index in [4.69, 9.17) is 19.3 Å². The van der Waals surface area contributed by atoms with Gasteiger partial charge in [-0.15, -0.1) is 0 Å². The van der Waals surface area contributed by atoms with E-state index >= 15 is 0 Å². The quantitative estimate of drug-likeness (QED) is 0.329. The number of nitrogens with zero attached hydrogens (tertiary/aromatic N) is 1. The largest absolute Gasteiger partial charge is 0.495 e. The lowest BCUT2D eigenvalue weighted by Gasteiger charge is -2.13. The summed E-state index contributed by atoms with van der Waals surface area (Å²) >= 11 is 3.32. The molecule has 2 aromatic rings. The number of benzene rings is 2. The number of nitrogens with one attached hydrogen (secondary N) is 2. The van der Waals surface area contributed by atoms with E-state index in [0.717, 1.165) is 4.90 Å². The second-order valence-corrected chi connectivity index (χ2v) is 7.69. The first kappa shape index (κ1) is 24.6. The molecule has 1 saturated heterocycles. The maximum Gasteiger partial charge on any atom is 0.341 e. The average Bonchev–Trinajstić information content (AvgIpc) is 3.06. The minimum atomic E-state index is -1.15. The first-order chi connectivity index (χ1) is 16.2. The minimum Gasteiger partial charge on any atom is -0.495 e. The molecule has 11 nitrogen and oxygen atoms in total. The Morgan fingerprint density at radius 3 is 2.50 bits per heavy atom. The molecule has 2 aromatic carbocycles. The van der Waals surface area contributed by atoms with Crippen LogP contribution in [-0.4, -0.2) is 61.2 Å². The van der Waals surface area contributed by atoms with Crippen molar-refractivity contribution < 1.29 is 38.5 Å². The molecule has 1 aliphatic heterocycles. The summed E-state index contributed by atoms with van der Waals surface area (Å²) in [5.74, 6) is -1.60. The van der Waals surface area contributed by atoms with Crippen molar-refractivity contribution >= 4 is 51.5 Å². The smallest absolute Gasteiger partial charge is 0.341 e. The van der Waals surface area contributed by atoms with Gasteiger partial charge >= 0.3 is 12.0 Å². The highest BCUT2D eigenvalue weighted by atomic mass is 79.9. The van der Waals surface area contributed by atoms with Crippen molar-refractivity contribution in [1.82, 2.24) is 10.2 Å². The molecule has 0 radical (unpaired) electrons. The first-order valence-corrected chi connectivity index (χ1v) is 10.5.